The summed E-state index contributed by atoms with van der Waals surface area (Å²) in [7, 11) is 0. The Balaban J connectivity index is 1.73. The average Bonchev–Trinajstić information content (AvgIpc) is 2.61. The first-order chi connectivity index (χ1) is 12.7. The molecule has 0 spiro atoms. The topological polar surface area (TPSA) is 61.4 Å². The summed E-state index contributed by atoms with van der Waals surface area (Å²) < 4.78 is 0. The van der Waals surface area contributed by atoms with E-state index < -0.39 is 0 Å². The number of hydrogen-bond donors (Lipinski definition) is 3. The summed E-state index contributed by atoms with van der Waals surface area (Å²) in [4.78, 5) is 12.4. The maximum atomic E-state index is 12.4. The minimum Gasteiger partial charge on any atom is -0.508 e. The minimum atomic E-state index is -0.268. The molecule has 0 aliphatic heterocycles. The van der Waals surface area contributed by atoms with E-state index in [1.54, 1.807) is 24.3 Å². The smallest absolute Gasteiger partial charge is 0.257 e. The molecule has 3 N–H and O–H groups in total. The van der Waals surface area contributed by atoms with Gasteiger partial charge in [0.1, 0.15) is 5.75 Å². The van der Waals surface area contributed by atoms with Gasteiger partial charge in [-0.05, 0) is 58.9 Å². The van der Waals surface area contributed by atoms with E-state index in [2.05, 4.69) is 31.4 Å². The lowest BCUT2D eigenvalue weighted by Crippen LogP contribution is -2.34. The standard InChI is InChI=1S/C22H22N2O2S/c1-22(2,3)16-10-7-15(8-11-16)20(26)24-21(27)23-19-6-4-5-14-9-12-17(25)13-18(14)19/h4-13,25H,1-3H3,(H2,23,24,26,27). The number of anilines is 1. The molecule has 0 bridgehead atoms. The molecule has 0 aliphatic carbocycles. The summed E-state index contributed by atoms with van der Waals surface area (Å²) in [5, 5.41) is 17.5. The van der Waals surface area contributed by atoms with Crippen LogP contribution < -0.4 is 10.6 Å². The SMILES string of the molecule is CC(C)(C)c1ccc(C(=O)NC(=S)Nc2cccc3ccc(O)cc23)cc1. The molecule has 0 saturated heterocycles. The van der Waals surface area contributed by atoms with Gasteiger partial charge in [0, 0.05) is 16.6 Å². The molecule has 0 radical (unpaired) electrons. The maximum absolute atomic E-state index is 12.4. The molecule has 0 saturated carbocycles. The molecule has 0 unspecified atom stereocenters. The van der Waals surface area contributed by atoms with E-state index in [0.717, 1.165) is 22.0 Å². The number of nitrogens with one attached hydrogen (secondary N) is 2. The van der Waals surface area contributed by atoms with Gasteiger partial charge >= 0.3 is 0 Å². The summed E-state index contributed by atoms with van der Waals surface area (Å²) in [6.07, 6.45) is 0. The van der Waals surface area contributed by atoms with E-state index >= 15 is 0 Å². The van der Waals surface area contributed by atoms with E-state index in [9.17, 15) is 9.90 Å². The Labute approximate surface area is 164 Å². The molecule has 4 nitrogen and oxygen atoms in total. The highest BCUT2D eigenvalue weighted by molar-refractivity contribution is 7.80. The average molecular weight is 378 g/mol. The predicted octanol–water partition coefficient (Wildman–Crippen LogP) is 4.97. The van der Waals surface area contributed by atoms with Gasteiger partial charge in [-0.2, -0.15) is 0 Å². The molecular weight excluding hydrogens is 356 g/mol. The van der Waals surface area contributed by atoms with Crippen LogP contribution in [0.5, 0.6) is 5.75 Å². The van der Waals surface area contributed by atoms with Crippen molar-refractivity contribution in [2.24, 2.45) is 0 Å². The number of rotatable bonds is 2. The Morgan fingerprint density at radius 3 is 2.37 bits per heavy atom. The summed E-state index contributed by atoms with van der Waals surface area (Å²) >= 11 is 5.29. The molecule has 3 aromatic rings. The number of phenols is 1. The fourth-order valence-corrected chi connectivity index (χ4v) is 3.02. The van der Waals surface area contributed by atoms with E-state index in [1.165, 1.54) is 0 Å². The molecule has 3 rings (SSSR count). The van der Waals surface area contributed by atoms with Crippen LogP contribution in [0.2, 0.25) is 0 Å². The van der Waals surface area contributed by atoms with Gasteiger partial charge in [0.25, 0.3) is 5.91 Å². The minimum absolute atomic E-state index is 0.0335. The van der Waals surface area contributed by atoms with Crippen molar-refractivity contribution in [3.63, 3.8) is 0 Å². The number of carbonyl (C=O) groups excluding carboxylic acids is 1. The molecule has 1 amide bonds. The van der Waals surface area contributed by atoms with Gasteiger partial charge in [-0.1, -0.05) is 51.1 Å². The van der Waals surface area contributed by atoms with E-state index in [0.29, 0.717) is 5.56 Å². The molecule has 0 fully saturated rings. The number of amides is 1. The molecule has 0 aliphatic rings. The van der Waals surface area contributed by atoms with Crippen molar-refractivity contribution in [1.29, 1.82) is 0 Å². The molecule has 3 aromatic carbocycles. The van der Waals surface area contributed by atoms with Crippen LogP contribution in [-0.4, -0.2) is 16.1 Å². The Kier molecular flexibility index (Phi) is 5.15. The van der Waals surface area contributed by atoms with Gasteiger partial charge in [0.05, 0.1) is 0 Å². The third kappa shape index (κ3) is 4.44. The number of benzene rings is 3. The number of hydrogen-bond acceptors (Lipinski definition) is 3. The van der Waals surface area contributed by atoms with Crippen molar-refractivity contribution >= 4 is 39.7 Å². The predicted molar refractivity (Wildman–Crippen MR) is 114 cm³/mol. The molecular formula is C22H22N2O2S. The second-order valence-electron chi connectivity index (χ2n) is 7.45. The Bertz CT molecular complexity index is 1000. The zero-order valence-electron chi connectivity index (χ0n) is 15.5. The number of fused-ring (bicyclic) bond motifs is 1. The molecule has 27 heavy (non-hydrogen) atoms. The second-order valence-corrected chi connectivity index (χ2v) is 7.85. The van der Waals surface area contributed by atoms with Gasteiger partial charge in [-0.25, -0.2) is 0 Å². The summed E-state index contributed by atoms with van der Waals surface area (Å²) in [6, 6.07) is 18.3. The summed E-state index contributed by atoms with van der Waals surface area (Å²) in [6.45, 7) is 6.38. The quantitative estimate of drug-likeness (QED) is 0.551. The molecule has 5 heteroatoms. The van der Waals surface area contributed by atoms with Crippen LogP contribution >= 0.6 is 12.2 Å². The first-order valence-electron chi connectivity index (χ1n) is 8.69. The Morgan fingerprint density at radius 1 is 1.00 bits per heavy atom. The van der Waals surface area contributed by atoms with Crippen LogP contribution in [0.25, 0.3) is 10.8 Å². The first-order valence-corrected chi connectivity index (χ1v) is 9.09. The largest absolute Gasteiger partial charge is 0.508 e. The van der Waals surface area contributed by atoms with Crippen LogP contribution in [0, 0.1) is 0 Å². The van der Waals surface area contributed by atoms with Gasteiger partial charge in [-0.3, -0.25) is 10.1 Å². The van der Waals surface area contributed by atoms with Crippen molar-refractivity contribution < 1.29 is 9.90 Å². The van der Waals surface area contributed by atoms with Crippen LogP contribution in [0.4, 0.5) is 5.69 Å². The molecule has 0 atom stereocenters. The highest BCUT2D eigenvalue weighted by atomic mass is 32.1. The third-order valence-electron chi connectivity index (χ3n) is 4.35. The molecule has 138 valence electrons. The van der Waals surface area contributed by atoms with Gasteiger partial charge in [-0.15, -0.1) is 0 Å². The number of phenolic OH excluding ortho intramolecular Hbond substituents is 1. The fraction of sp³-hybridized carbons (Fsp3) is 0.182. The number of aromatic hydroxyl groups is 1. The van der Waals surface area contributed by atoms with E-state index in [4.69, 9.17) is 12.2 Å². The van der Waals surface area contributed by atoms with Crippen molar-refractivity contribution in [2.75, 3.05) is 5.32 Å². The Hall–Kier alpha value is -2.92. The zero-order valence-corrected chi connectivity index (χ0v) is 16.4. The third-order valence-corrected chi connectivity index (χ3v) is 4.56. The van der Waals surface area contributed by atoms with Crippen LogP contribution in [0.15, 0.2) is 60.7 Å². The van der Waals surface area contributed by atoms with Crippen molar-refractivity contribution in [2.45, 2.75) is 26.2 Å². The van der Waals surface area contributed by atoms with E-state index in [-0.39, 0.29) is 22.2 Å². The highest BCUT2D eigenvalue weighted by Gasteiger charge is 2.15. The van der Waals surface area contributed by atoms with Crippen molar-refractivity contribution in [3.05, 3.63) is 71.8 Å². The Morgan fingerprint density at radius 2 is 1.70 bits per heavy atom. The fourth-order valence-electron chi connectivity index (χ4n) is 2.82. The summed E-state index contributed by atoms with van der Waals surface area (Å²) in [5.41, 5.74) is 2.46. The van der Waals surface area contributed by atoms with Crippen molar-refractivity contribution in [1.82, 2.24) is 5.32 Å². The second kappa shape index (κ2) is 7.37. The lowest BCUT2D eigenvalue weighted by atomic mass is 9.87. The number of carbonyl (C=O) groups is 1. The lowest BCUT2D eigenvalue weighted by Gasteiger charge is -2.19. The van der Waals surface area contributed by atoms with Gasteiger partial charge < -0.3 is 10.4 Å². The highest BCUT2D eigenvalue weighted by Crippen LogP contribution is 2.27. The van der Waals surface area contributed by atoms with E-state index in [1.807, 2.05) is 36.4 Å². The number of thiocarbonyl (C=S) groups is 1. The lowest BCUT2D eigenvalue weighted by molar-refractivity contribution is 0.0977. The van der Waals surface area contributed by atoms with Crippen LogP contribution in [0.1, 0.15) is 36.7 Å². The van der Waals surface area contributed by atoms with Crippen LogP contribution in [0.3, 0.4) is 0 Å². The normalized spacial score (nSPS) is 11.2. The summed E-state index contributed by atoms with van der Waals surface area (Å²) in [5.74, 6) is -0.0957. The molecule has 0 aromatic heterocycles. The van der Waals surface area contributed by atoms with Gasteiger partial charge in [0.15, 0.2) is 5.11 Å². The van der Waals surface area contributed by atoms with Gasteiger partial charge in [0.2, 0.25) is 0 Å². The van der Waals surface area contributed by atoms with Crippen molar-refractivity contribution in [3.8, 4) is 5.75 Å². The maximum Gasteiger partial charge on any atom is 0.257 e. The molecule has 0 heterocycles. The first kappa shape index (κ1) is 18.9. The zero-order chi connectivity index (χ0) is 19.6. The monoisotopic (exact) mass is 378 g/mol. The van der Waals surface area contributed by atoms with Crippen LogP contribution in [-0.2, 0) is 5.41 Å².